The number of likely N-dealkylation sites (tertiary alicyclic amines) is 2. The van der Waals surface area contributed by atoms with Gasteiger partial charge in [0, 0.05) is 56.3 Å². The molecule has 2 fully saturated rings. The number of aromatic nitrogens is 4. The number of nitrogens with one attached hydrogen (secondary N) is 1. The Morgan fingerprint density at radius 3 is 1.81 bits per heavy atom. The highest BCUT2D eigenvalue weighted by atomic mass is 16.4. The molecule has 8 rings (SSSR count). The molecule has 14 heteroatoms. The van der Waals surface area contributed by atoms with Gasteiger partial charge in [0.1, 0.15) is 0 Å². The number of hydrogen-bond acceptors (Lipinski definition) is 6. The molecule has 4 heterocycles. The van der Waals surface area contributed by atoms with E-state index in [9.17, 15) is 29.1 Å². The number of para-hydroxylation sites is 4. The molecule has 2 amide bonds. The van der Waals surface area contributed by atoms with Crippen molar-refractivity contribution in [1.82, 2.24) is 33.4 Å². The number of H-pyrrole nitrogens is 1. The smallest absolute Gasteiger partial charge is 0.407 e. The molecule has 2 atom stereocenters. The zero-order valence-electron chi connectivity index (χ0n) is 35.7. The van der Waals surface area contributed by atoms with E-state index < -0.39 is 17.6 Å². The Bertz CT molecular complexity index is 2560. The van der Waals surface area contributed by atoms with Crippen LogP contribution in [0.25, 0.3) is 22.1 Å². The second-order valence-electron chi connectivity index (χ2n) is 17.5. The highest BCUT2D eigenvalue weighted by Gasteiger charge is 2.36. The van der Waals surface area contributed by atoms with Crippen LogP contribution in [0.2, 0.25) is 0 Å². The summed E-state index contributed by atoms with van der Waals surface area (Å²) in [4.78, 5) is 70.5. The van der Waals surface area contributed by atoms with Gasteiger partial charge >= 0.3 is 23.6 Å². The summed E-state index contributed by atoms with van der Waals surface area (Å²) in [6, 6.07) is 35.4. The van der Waals surface area contributed by atoms with E-state index in [1.165, 1.54) is 20.6 Å². The van der Waals surface area contributed by atoms with Gasteiger partial charge in [-0.15, -0.1) is 0 Å². The largest absolute Gasteiger partial charge is 0.465 e. The maximum Gasteiger partial charge on any atom is 0.407 e. The lowest BCUT2D eigenvalue weighted by atomic mass is 9.93. The van der Waals surface area contributed by atoms with Gasteiger partial charge in [0.2, 0.25) is 5.91 Å². The number of aromatic amines is 1. The quantitative estimate of drug-likeness (QED) is 0.124. The van der Waals surface area contributed by atoms with E-state index in [0.29, 0.717) is 57.3 Å². The Hall–Kier alpha value is -6.41. The van der Waals surface area contributed by atoms with E-state index in [1.54, 1.807) is 14.0 Å². The number of carbonyl (C=O) groups excluding carboxylic acids is 1. The molecule has 3 N–H and O–H groups in total. The molecule has 2 aromatic heterocycles. The second kappa shape index (κ2) is 19.1. The van der Waals surface area contributed by atoms with Gasteiger partial charge in [-0.25, -0.2) is 23.7 Å². The van der Waals surface area contributed by atoms with Crippen LogP contribution >= 0.6 is 0 Å². The summed E-state index contributed by atoms with van der Waals surface area (Å²) in [6.45, 7) is 9.18. The van der Waals surface area contributed by atoms with Crippen molar-refractivity contribution < 1.29 is 24.6 Å². The summed E-state index contributed by atoms with van der Waals surface area (Å²) in [6.07, 6.45) is 2.10. The molecule has 14 nitrogen and oxygen atoms in total. The van der Waals surface area contributed by atoms with Crippen molar-refractivity contribution in [1.29, 1.82) is 0 Å². The molecule has 2 saturated heterocycles. The third kappa shape index (κ3) is 9.86. The van der Waals surface area contributed by atoms with Gasteiger partial charge in [-0.1, -0.05) is 106 Å². The molecule has 1 unspecified atom stereocenters. The second-order valence-corrected chi connectivity index (χ2v) is 17.5. The van der Waals surface area contributed by atoms with Crippen LogP contribution < -0.4 is 11.4 Å². The zero-order valence-corrected chi connectivity index (χ0v) is 35.7. The summed E-state index contributed by atoms with van der Waals surface area (Å²) in [7, 11) is 0. The van der Waals surface area contributed by atoms with Gasteiger partial charge in [-0.3, -0.25) is 18.8 Å². The highest BCUT2D eigenvalue weighted by molar-refractivity contribution is 5.93. The maximum absolute atomic E-state index is 13.8. The number of rotatable bonds is 10. The van der Waals surface area contributed by atoms with Gasteiger partial charge in [0.05, 0.1) is 22.1 Å². The molecule has 4 aromatic carbocycles. The van der Waals surface area contributed by atoms with Crippen LogP contribution in [0.3, 0.4) is 0 Å². The van der Waals surface area contributed by atoms with E-state index in [0.717, 1.165) is 42.6 Å². The van der Waals surface area contributed by atoms with E-state index in [1.807, 2.05) is 81.4 Å². The topological polar surface area (TPSA) is 166 Å². The number of imidazole rings is 2. The van der Waals surface area contributed by atoms with Crippen molar-refractivity contribution >= 4 is 40.2 Å². The number of nitrogens with zero attached hydrogens (tertiary/aromatic N) is 6. The first-order valence-electron chi connectivity index (χ1n) is 21.5. The molecular weight excluding hydrogens is 787 g/mol. The fraction of sp³-hybridized carbons (Fsp3) is 0.396. The molecule has 0 aliphatic carbocycles. The third-order valence-electron chi connectivity index (χ3n) is 12.2. The maximum atomic E-state index is 13.8. The number of piperidine rings is 2. The van der Waals surface area contributed by atoms with Crippen LogP contribution in [0.4, 0.5) is 9.59 Å². The number of benzene rings is 4. The van der Waals surface area contributed by atoms with Crippen LogP contribution in [0.5, 0.6) is 0 Å². The molecule has 2 aliphatic heterocycles. The van der Waals surface area contributed by atoms with Gasteiger partial charge in [-0.2, -0.15) is 0 Å². The summed E-state index contributed by atoms with van der Waals surface area (Å²) in [5, 5.41) is 19.0. The third-order valence-corrected chi connectivity index (χ3v) is 12.2. The van der Waals surface area contributed by atoms with Gasteiger partial charge in [0.15, 0.2) is 0 Å². The minimum atomic E-state index is -0.924. The Morgan fingerprint density at radius 2 is 1.23 bits per heavy atom. The Morgan fingerprint density at radius 1 is 0.677 bits per heavy atom. The summed E-state index contributed by atoms with van der Waals surface area (Å²) in [5.41, 5.74) is 4.33. The first kappa shape index (κ1) is 43.7. The minimum Gasteiger partial charge on any atom is -0.465 e. The number of hydrogen-bond donors (Lipinski definition) is 3. The Kier molecular flexibility index (Phi) is 13.5. The first-order chi connectivity index (χ1) is 29.8. The van der Waals surface area contributed by atoms with Crippen molar-refractivity contribution in [3.05, 3.63) is 141 Å². The summed E-state index contributed by atoms with van der Waals surface area (Å²) < 4.78 is 4.80. The molecule has 6 aromatic rings. The van der Waals surface area contributed by atoms with Gasteiger partial charge in [0.25, 0.3) is 0 Å². The van der Waals surface area contributed by atoms with Gasteiger partial charge < -0.3 is 25.0 Å². The van der Waals surface area contributed by atoms with E-state index >= 15 is 0 Å². The molecule has 0 spiro atoms. The fourth-order valence-electron chi connectivity index (χ4n) is 9.05. The summed E-state index contributed by atoms with van der Waals surface area (Å²) >= 11 is 0. The van der Waals surface area contributed by atoms with Crippen LogP contribution in [0.15, 0.2) is 119 Å². The Labute approximate surface area is 360 Å². The van der Waals surface area contributed by atoms with E-state index in [4.69, 9.17) is 5.11 Å². The number of amides is 2. The molecule has 0 saturated carbocycles. The predicted octanol–water partition coefficient (Wildman–Crippen LogP) is 8.30. The molecule has 62 heavy (non-hydrogen) atoms. The average Bonchev–Trinajstić information content (AvgIpc) is 3.76. The average molecular weight is 844 g/mol. The van der Waals surface area contributed by atoms with Crippen molar-refractivity contribution in [2.45, 2.75) is 90.5 Å². The SMILES string of the molecule is CC(C)(C)C(=O)n1c(=O)n(C2CCN(C(=O)O)[C@@H](CCCN(Cc3ccccc3)Cc3ccccc3)C2)c2ccccc21.O=C(O)N1CCC(n2c(=O)[nH]c3ccccc32)CC1. The predicted molar refractivity (Wildman–Crippen MR) is 240 cm³/mol. The Balaban J connectivity index is 0.000000252. The van der Waals surface area contributed by atoms with Crippen LogP contribution in [0, 0.1) is 5.41 Å². The fourth-order valence-corrected chi connectivity index (χ4v) is 9.05. The summed E-state index contributed by atoms with van der Waals surface area (Å²) in [5.74, 6) is -0.246. The lowest BCUT2D eigenvalue weighted by molar-refractivity contribution is 0.0761. The van der Waals surface area contributed by atoms with Gasteiger partial charge in [-0.05, 0) is 80.5 Å². The molecule has 2 aliphatic rings. The van der Waals surface area contributed by atoms with Crippen molar-refractivity contribution in [3.63, 3.8) is 0 Å². The van der Waals surface area contributed by atoms with Crippen molar-refractivity contribution in [3.8, 4) is 0 Å². The van der Waals surface area contributed by atoms with Crippen LogP contribution in [0.1, 0.15) is 87.3 Å². The van der Waals surface area contributed by atoms with Crippen molar-refractivity contribution in [2.75, 3.05) is 26.2 Å². The molecule has 326 valence electrons. The minimum absolute atomic E-state index is 0.0687. The number of carbonyl (C=O) groups is 3. The normalized spacial score (nSPS) is 17.3. The first-order valence-corrected chi connectivity index (χ1v) is 21.5. The number of carboxylic acid groups (broad SMARTS) is 2. The monoisotopic (exact) mass is 843 g/mol. The molecule has 0 bridgehead atoms. The van der Waals surface area contributed by atoms with Crippen LogP contribution in [-0.2, 0) is 13.1 Å². The standard InChI is InChI=1S/C35H42N4O4.C13H15N3O3/c1-35(2,3)32(40)39-31-19-11-10-18-30(31)38(33(39)41)29-20-22-37(34(42)43)28(23-29)17-12-21-36(24-26-13-6-4-7-14-26)25-27-15-8-5-9-16-27;17-12-14-10-3-1-2-4-11(10)16(12)9-5-7-15(8-6-9)13(18)19/h4-11,13-16,18-19,28-29H,12,17,20-25H2,1-3H3,(H,42,43);1-4,9H,5-8H2,(H,14,17)(H,18,19)/t28-,29?;/m0./s1. The zero-order chi connectivity index (χ0) is 44.0. The lowest BCUT2D eigenvalue weighted by Gasteiger charge is -2.38. The van der Waals surface area contributed by atoms with Crippen molar-refractivity contribution in [2.24, 2.45) is 5.41 Å². The number of fused-ring (bicyclic) bond motifs is 2. The van der Waals surface area contributed by atoms with E-state index in [2.05, 4.69) is 58.4 Å². The highest BCUT2D eigenvalue weighted by Crippen LogP contribution is 2.32. The van der Waals surface area contributed by atoms with E-state index in [-0.39, 0.29) is 35.4 Å². The lowest BCUT2D eigenvalue weighted by Crippen LogP contribution is -2.47. The van der Waals surface area contributed by atoms with Crippen LogP contribution in [-0.4, -0.2) is 93.9 Å². The molecule has 0 radical (unpaired) electrons. The molecular formula is C48H57N7O7.